The van der Waals surface area contributed by atoms with Crippen LogP contribution in [-0.4, -0.2) is 85.1 Å². The Bertz CT molecular complexity index is 2190. The van der Waals surface area contributed by atoms with Crippen LogP contribution in [0.15, 0.2) is 70.0 Å². The van der Waals surface area contributed by atoms with Crippen LogP contribution in [-0.2, 0) is 50.6 Å². The van der Waals surface area contributed by atoms with Crippen LogP contribution < -0.4 is 4.90 Å². The topological polar surface area (TPSA) is 208 Å². The van der Waals surface area contributed by atoms with Gasteiger partial charge in [0.05, 0.1) is 33.9 Å². The molecule has 2 aliphatic heterocycles. The van der Waals surface area contributed by atoms with Crippen LogP contribution >= 0.6 is 12.0 Å². The zero-order valence-corrected chi connectivity index (χ0v) is 32.7. The number of anilines is 1. The molecule has 0 aromatic heterocycles. The molecule has 6 rings (SSSR count). The first-order valence-corrected chi connectivity index (χ1v) is 22.9. The fourth-order valence-corrected chi connectivity index (χ4v) is 11.1. The third-order valence-corrected chi connectivity index (χ3v) is 14.3. The molecular formula is C35H45N2O12S4+. The molecule has 2 saturated carbocycles. The van der Waals surface area contributed by atoms with E-state index < -0.39 is 46.9 Å². The molecule has 0 saturated heterocycles. The molecule has 4 N–H and O–H groups in total. The van der Waals surface area contributed by atoms with Crippen LogP contribution in [0.2, 0.25) is 0 Å². The van der Waals surface area contributed by atoms with Gasteiger partial charge in [0.15, 0.2) is 5.71 Å². The Morgan fingerprint density at radius 2 is 1.68 bits per heavy atom. The van der Waals surface area contributed by atoms with Crippen molar-refractivity contribution in [2.75, 3.05) is 29.5 Å². The third kappa shape index (κ3) is 8.32. The first-order chi connectivity index (χ1) is 24.9. The van der Waals surface area contributed by atoms with Crippen LogP contribution in [0.25, 0.3) is 0 Å². The molecule has 0 radical (unpaired) electrons. The van der Waals surface area contributed by atoms with Gasteiger partial charge in [-0.3, -0.25) is 13.7 Å². The van der Waals surface area contributed by atoms with Gasteiger partial charge >= 0.3 is 0 Å². The van der Waals surface area contributed by atoms with Crippen LogP contribution in [0, 0.1) is 5.92 Å². The maximum Gasteiger partial charge on any atom is 0.294 e. The zero-order chi connectivity index (χ0) is 38.4. The van der Waals surface area contributed by atoms with Gasteiger partial charge in [-0.05, 0) is 87.3 Å². The molecule has 0 spiro atoms. The Morgan fingerprint density at radius 3 is 2.38 bits per heavy atom. The molecular weight excluding hydrogens is 769 g/mol. The highest BCUT2D eigenvalue weighted by molar-refractivity contribution is 7.94. The van der Waals surface area contributed by atoms with Gasteiger partial charge in [0, 0.05) is 52.2 Å². The number of allylic oxidation sites excluding steroid dienone is 3. The number of rotatable bonds is 14. The molecule has 2 aromatic rings. The maximum atomic E-state index is 12.1. The summed E-state index contributed by atoms with van der Waals surface area (Å²) in [4.78, 5) is 2.62. The molecule has 14 nitrogen and oxygen atoms in total. The molecule has 2 fully saturated rings. The van der Waals surface area contributed by atoms with Crippen LogP contribution in [0.4, 0.5) is 11.4 Å². The monoisotopic (exact) mass is 813 g/mol. The van der Waals surface area contributed by atoms with Crippen molar-refractivity contribution in [1.82, 2.24) is 0 Å². The highest BCUT2D eigenvalue weighted by Gasteiger charge is 2.53. The second-order valence-corrected chi connectivity index (χ2v) is 20.1. The third-order valence-electron chi connectivity index (χ3n) is 11.3. The van der Waals surface area contributed by atoms with Crippen LogP contribution in [0.5, 0.6) is 0 Å². The predicted octanol–water partition coefficient (Wildman–Crippen LogP) is 5.89. The highest BCUT2D eigenvalue weighted by atomic mass is 32.2. The Labute approximate surface area is 314 Å². The number of hydrogen-bond acceptors (Lipinski definition) is 11. The van der Waals surface area contributed by atoms with Crippen molar-refractivity contribution in [3.05, 3.63) is 71.3 Å². The van der Waals surface area contributed by atoms with E-state index >= 15 is 0 Å². The van der Waals surface area contributed by atoms with E-state index in [1.807, 2.05) is 24.3 Å². The molecule has 4 atom stereocenters. The van der Waals surface area contributed by atoms with E-state index in [1.165, 1.54) is 12.1 Å². The van der Waals surface area contributed by atoms with E-state index in [0.29, 0.717) is 18.0 Å². The Hall–Kier alpha value is -2.65. The van der Waals surface area contributed by atoms with Crippen LogP contribution in [0.1, 0.15) is 76.3 Å². The summed E-state index contributed by atoms with van der Waals surface area (Å²) in [6, 6.07) is 10.1. The van der Waals surface area contributed by atoms with E-state index in [1.54, 1.807) is 6.07 Å². The minimum Gasteiger partial charge on any atom is -0.367 e. The molecule has 2 aliphatic carbocycles. The van der Waals surface area contributed by atoms with Crippen molar-refractivity contribution in [2.24, 2.45) is 5.92 Å². The van der Waals surface area contributed by atoms with Gasteiger partial charge in [-0.15, -0.1) is 4.33 Å². The lowest BCUT2D eigenvalue weighted by molar-refractivity contribution is -0.438. The van der Waals surface area contributed by atoms with Crippen molar-refractivity contribution in [1.29, 1.82) is 0 Å². The van der Waals surface area contributed by atoms with E-state index in [4.69, 9.17) is 5.26 Å². The van der Waals surface area contributed by atoms with Gasteiger partial charge in [0.1, 0.15) is 6.54 Å². The number of hydrogen-bond donors (Lipinski definition) is 4. The fourth-order valence-electron chi connectivity index (χ4n) is 9.25. The highest BCUT2D eigenvalue weighted by Crippen LogP contribution is 2.55. The summed E-state index contributed by atoms with van der Waals surface area (Å²) in [5.41, 5.74) is 4.69. The number of nitrogens with zero attached hydrogens (tertiary/aromatic N) is 2. The molecule has 4 unspecified atom stereocenters. The predicted molar refractivity (Wildman–Crippen MR) is 199 cm³/mol. The Morgan fingerprint density at radius 1 is 0.943 bits per heavy atom. The molecule has 18 heteroatoms. The fraction of sp³-hybridized carbons (Fsp3) is 0.514. The largest absolute Gasteiger partial charge is 0.367 e. The summed E-state index contributed by atoms with van der Waals surface area (Å²) in [6.07, 6.45) is 11.6. The van der Waals surface area contributed by atoms with E-state index in [0.717, 1.165) is 84.4 Å². The summed E-state index contributed by atoms with van der Waals surface area (Å²) in [7, 11) is -12.8. The first kappa shape index (κ1) is 40.0. The smallest absolute Gasteiger partial charge is 0.294 e. The average molecular weight is 814 g/mol. The molecule has 290 valence electrons. The van der Waals surface area contributed by atoms with Crippen molar-refractivity contribution in [3.8, 4) is 0 Å². The standard InChI is InChI=1S/C35H44N2O12S4/c1-34-16-4-10-24(32(34)36(18-6-20-51(39,40)41)30-14-12-26(22-28(30)34)50-49-48-38)8-3-9-25-11-5-17-35(2)29-23-27(53(45,46)47)13-15-31(29)37(33(25)35)19-7-21-52(42,43)44/h3,8-9,12-15,22-23,25,33H,4-7,10-11,16-21H2,1-2H3,(H3-,38,39,40,41,42,43,44,45,46,47)/p+1. The molecule has 53 heavy (non-hydrogen) atoms. The second-order valence-electron chi connectivity index (χ2n) is 14.7. The van der Waals surface area contributed by atoms with E-state index in [-0.39, 0.29) is 35.4 Å². The molecule has 2 heterocycles. The van der Waals surface area contributed by atoms with Gasteiger partial charge in [0.25, 0.3) is 30.4 Å². The average Bonchev–Trinajstić information content (AvgIpc) is 3.47. The lowest BCUT2D eigenvalue weighted by atomic mass is 9.65. The summed E-state index contributed by atoms with van der Waals surface area (Å²) >= 11 is 0.862. The van der Waals surface area contributed by atoms with E-state index in [2.05, 4.69) is 44.8 Å². The lowest BCUT2D eigenvalue weighted by Crippen LogP contribution is -2.50. The number of benzene rings is 2. The molecule has 2 aromatic carbocycles. The van der Waals surface area contributed by atoms with Crippen LogP contribution in [0.3, 0.4) is 0 Å². The Balaban J connectivity index is 1.36. The minimum absolute atomic E-state index is 0.0159. The minimum atomic E-state index is -4.46. The quantitative estimate of drug-likeness (QED) is 0.0577. The zero-order valence-electron chi connectivity index (χ0n) is 29.4. The van der Waals surface area contributed by atoms with Gasteiger partial charge in [-0.1, -0.05) is 36.6 Å². The van der Waals surface area contributed by atoms with Gasteiger partial charge in [-0.2, -0.15) is 29.8 Å². The first-order valence-electron chi connectivity index (χ1n) is 17.5. The normalized spacial score (nSPS) is 26.6. The van der Waals surface area contributed by atoms with Crippen molar-refractivity contribution >= 4 is 59.5 Å². The SMILES string of the molecule is CC12CCCC(=CC=CC3CCCC4(C)c5cc(S(=O)(=O)O)ccc5N(CCCS(=O)(=O)O)C34)C1=[N+](CCCS(=O)(=O)O)c1ccc(SOOO)cc12. The molecule has 0 bridgehead atoms. The molecule has 4 aliphatic rings. The second kappa shape index (κ2) is 15.1. The van der Waals surface area contributed by atoms with Gasteiger partial charge in [0.2, 0.25) is 5.69 Å². The van der Waals surface area contributed by atoms with Gasteiger partial charge < -0.3 is 4.90 Å². The summed E-state index contributed by atoms with van der Waals surface area (Å²) in [5, 5.41) is 12.5. The van der Waals surface area contributed by atoms with Crippen molar-refractivity contribution in [2.45, 2.75) is 91.9 Å². The van der Waals surface area contributed by atoms with E-state index in [9.17, 15) is 38.9 Å². The maximum absolute atomic E-state index is 12.1. The lowest BCUT2D eigenvalue weighted by Gasteiger charge is -2.45. The van der Waals surface area contributed by atoms with Crippen molar-refractivity contribution < 1.29 is 58.1 Å². The molecule has 0 amide bonds. The van der Waals surface area contributed by atoms with Gasteiger partial charge in [-0.25, -0.2) is 5.26 Å². The Kier molecular flexibility index (Phi) is 11.4. The van der Waals surface area contributed by atoms with Crippen molar-refractivity contribution in [3.63, 3.8) is 0 Å². The summed E-state index contributed by atoms with van der Waals surface area (Å²) in [6.45, 7) is 4.91. The summed E-state index contributed by atoms with van der Waals surface area (Å²) < 4.78 is 106. The number of fused-ring (bicyclic) bond motifs is 6. The summed E-state index contributed by atoms with van der Waals surface area (Å²) in [5.74, 6) is -0.813.